The Morgan fingerprint density at radius 1 is 1.56 bits per heavy atom. The van der Waals surface area contributed by atoms with Crippen LogP contribution in [0.1, 0.15) is 36.9 Å². The van der Waals surface area contributed by atoms with Gasteiger partial charge in [-0.05, 0) is 39.4 Å². The summed E-state index contributed by atoms with van der Waals surface area (Å²) in [5.41, 5.74) is 0. The van der Waals surface area contributed by atoms with Crippen LogP contribution in [0.3, 0.4) is 0 Å². The molecule has 1 saturated heterocycles. The minimum absolute atomic E-state index is 0.440. The summed E-state index contributed by atoms with van der Waals surface area (Å²) in [6.07, 6.45) is 4.28. The molecule has 0 spiro atoms. The average molecular weight is 224 g/mol. The van der Waals surface area contributed by atoms with E-state index in [-0.39, 0.29) is 0 Å². The summed E-state index contributed by atoms with van der Waals surface area (Å²) in [5.74, 6) is 2.10. The molecule has 16 heavy (non-hydrogen) atoms. The predicted molar refractivity (Wildman–Crippen MR) is 61.4 cm³/mol. The third-order valence-corrected chi connectivity index (χ3v) is 2.96. The second-order valence-electron chi connectivity index (χ2n) is 4.30. The van der Waals surface area contributed by atoms with Crippen LogP contribution in [0.5, 0.6) is 0 Å². The van der Waals surface area contributed by atoms with E-state index in [1.165, 1.54) is 12.8 Å². The molecule has 0 aromatic carbocycles. The maximum atomic E-state index is 5.25. The fourth-order valence-electron chi connectivity index (χ4n) is 2.02. The first-order chi connectivity index (χ1) is 7.90. The van der Waals surface area contributed by atoms with E-state index in [1.54, 1.807) is 0 Å². The van der Waals surface area contributed by atoms with Crippen LogP contribution in [-0.2, 0) is 6.42 Å². The Balaban J connectivity index is 1.85. The highest BCUT2D eigenvalue weighted by Crippen LogP contribution is 2.20. The molecule has 0 aliphatic carbocycles. The molecule has 90 valence electrons. The van der Waals surface area contributed by atoms with Gasteiger partial charge >= 0.3 is 0 Å². The smallest absolute Gasteiger partial charge is 0.226 e. The predicted octanol–water partition coefficient (Wildman–Crippen LogP) is 0.689. The van der Waals surface area contributed by atoms with Gasteiger partial charge in [-0.25, -0.2) is 0 Å². The van der Waals surface area contributed by atoms with Crippen molar-refractivity contribution in [3.63, 3.8) is 0 Å². The fraction of sp³-hybridized carbons (Fsp3) is 0.818. The van der Waals surface area contributed by atoms with Crippen LogP contribution >= 0.6 is 0 Å². The number of piperidine rings is 1. The number of hydrogen-bond donors (Lipinski definition) is 2. The molecule has 0 saturated carbocycles. The Bertz CT molecular complexity index is 307. The Labute approximate surface area is 96.0 Å². The molecule has 2 rings (SSSR count). The van der Waals surface area contributed by atoms with Crippen molar-refractivity contribution in [2.24, 2.45) is 0 Å². The zero-order valence-electron chi connectivity index (χ0n) is 9.83. The monoisotopic (exact) mass is 224 g/mol. The molecule has 5 nitrogen and oxygen atoms in total. The fourth-order valence-corrected chi connectivity index (χ4v) is 2.02. The van der Waals surface area contributed by atoms with Crippen molar-refractivity contribution >= 4 is 0 Å². The summed E-state index contributed by atoms with van der Waals surface area (Å²) in [7, 11) is 1.95. The van der Waals surface area contributed by atoms with Crippen LogP contribution in [0.2, 0.25) is 0 Å². The lowest BCUT2D eigenvalue weighted by atomic mass is 9.99. The molecule has 2 heterocycles. The summed E-state index contributed by atoms with van der Waals surface area (Å²) in [5, 5.41) is 10.5. The van der Waals surface area contributed by atoms with E-state index in [4.69, 9.17) is 4.52 Å². The number of rotatable bonds is 5. The first-order valence-electron chi connectivity index (χ1n) is 6.08. The molecule has 5 heteroatoms. The highest BCUT2D eigenvalue weighted by Gasteiger charge is 2.20. The molecule has 1 aromatic rings. The quantitative estimate of drug-likeness (QED) is 0.720. The van der Waals surface area contributed by atoms with Gasteiger partial charge in [0.05, 0.1) is 0 Å². The molecule has 1 aromatic heterocycles. The van der Waals surface area contributed by atoms with Gasteiger partial charge in [0, 0.05) is 18.9 Å². The van der Waals surface area contributed by atoms with Crippen LogP contribution in [0.25, 0.3) is 0 Å². The van der Waals surface area contributed by atoms with E-state index in [0.717, 1.165) is 44.2 Å². The lowest BCUT2D eigenvalue weighted by Gasteiger charge is -2.19. The van der Waals surface area contributed by atoms with Gasteiger partial charge in [-0.3, -0.25) is 0 Å². The van der Waals surface area contributed by atoms with E-state index >= 15 is 0 Å². The Hall–Kier alpha value is -0.940. The van der Waals surface area contributed by atoms with Gasteiger partial charge in [0.25, 0.3) is 0 Å². The van der Waals surface area contributed by atoms with E-state index in [1.807, 2.05) is 7.05 Å². The van der Waals surface area contributed by atoms with E-state index in [0.29, 0.717) is 5.92 Å². The van der Waals surface area contributed by atoms with E-state index in [9.17, 15) is 0 Å². The molecule has 1 aliphatic heterocycles. The number of aromatic nitrogens is 2. The van der Waals surface area contributed by atoms with Crippen molar-refractivity contribution in [2.75, 3.05) is 26.7 Å². The minimum atomic E-state index is 0.440. The maximum absolute atomic E-state index is 5.25. The van der Waals surface area contributed by atoms with Gasteiger partial charge in [-0.15, -0.1) is 0 Å². The zero-order valence-corrected chi connectivity index (χ0v) is 9.83. The van der Waals surface area contributed by atoms with Gasteiger partial charge in [-0.2, -0.15) is 4.98 Å². The van der Waals surface area contributed by atoms with Gasteiger partial charge in [0.2, 0.25) is 5.89 Å². The van der Waals surface area contributed by atoms with Gasteiger partial charge in [0.1, 0.15) is 0 Å². The normalized spacial score (nSPS) is 21.2. The second-order valence-corrected chi connectivity index (χ2v) is 4.30. The number of nitrogens with zero attached hydrogens (tertiary/aromatic N) is 2. The summed E-state index contributed by atoms with van der Waals surface area (Å²) in [6, 6.07) is 0. The first kappa shape index (κ1) is 11.5. The summed E-state index contributed by atoms with van der Waals surface area (Å²) in [6.45, 7) is 3.08. The van der Waals surface area contributed by atoms with Crippen molar-refractivity contribution < 1.29 is 4.52 Å². The topological polar surface area (TPSA) is 63.0 Å². The Morgan fingerprint density at radius 2 is 2.50 bits per heavy atom. The lowest BCUT2D eigenvalue weighted by molar-refractivity contribution is 0.359. The summed E-state index contributed by atoms with van der Waals surface area (Å²) < 4.78 is 5.25. The lowest BCUT2D eigenvalue weighted by Crippen LogP contribution is -2.28. The highest BCUT2D eigenvalue weighted by molar-refractivity contribution is 4.98. The standard InChI is InChI=1S/C11H20N4O/c1-12-6-3-5-10-14-11(15-16-10)9-4-2-7-13-8-9/h9,12-13H,2-8H2,1H3. The molecule has 2 N–H and O–H groups in total. The SMILES string of the molecule is CNCCCc1nc(C2CCCNC2)no1. The minimum Gasteiger partial charge on any atom is -0.339 e. The third-order valence-electron chi connectivity index (χ3n) is 2.96. The molecule has 0 bridgehead atoms. The van der Waals surface area contributed by atoms with E-state index in [2.05, 4.69) is 20.8 Å². The van der Waals surface area contributed by atoms with Gasteiger partial charge < -0.3 is 15.2 Å². The molecular weight excluding hydrogens is 204 g/mol. The highest BCUT2D eigenvalue weighted by atomic mass is 16.5. The van der Waals surface area contributed by atoms with Crippen LogP contribution in [0, 0.1) is 0 Å². The van der Waals surface area contributed by atoms with Crippen LogP contribution < -0.4 is 10.6 Å². The molecular formula is C11H20N4O. The van der Waals surface area contributed by atoms with Crippen molar-refractivity contribution in [1.82, 2.24) is 20.8 Å². The van der Waals surface area contributed by atoms with Crippen molar-refractivity contribution in [1.29, 1.82) is 0 Å². The van der Waals surface area contributed by atoms with Crippen molar-refractivity contribution in [3.8, 4) is 0 Å². The Kier molecular flexibility index (Phi) is 4.30. The van der Waals surface area contributed by atoms with Crippen molar-refractivity contribution in [3.05, 3.63) is 11.7 Å². The Morgan fingerprint density at radius 3 is 3.25 bits per heavy atom. The van der Waals surface area contributed by atoms with Crippen LogP contribution in [-0.4, -0.2) is 36.8 Å². The van der Waals surface area contributed by atoms with Gasteiger partial charge in [0.15, 0.2) is 5.82 Å². The maximum Gasteiger partial charge on any atom is 0.226 e. The van der Waals surface area contributed by atoms with E-state index < -0.39 is 0 Å². The molecule has 0 amide bonds. The summed E-state index contributed by atoms with van der Waals surface area (Å²) >= 11 is 0. The number of nitrogens with one attached hydrogen (secondary N) is 2. The largest absolute Gasteiger partial charge is 0.339 e. The van der Waals surface area contributed by atoms with Crippen molar-refractivity contribution in [2.45, 2.75) is 31.6 Å². The van der Waals surface area contributed by atoms with Crippen LogP contribution in [0.15, 0.2) is 4.52 Å². The zero-order chi connectivity index (χ0) is 11.2. The van der Waals surface area contributed by atoms with Gasteiger partial charge in [-0.1, -0.05) is 5.16 Å². The second kappa shape index (κ2) is 5.96. The first-order valence-corrected chi connectivity index (χ1v) is 6.08. The molecule has 1 atom stereocenters. The molecule has 1 unspecified atom stereocenters. The number of aryl methyl sites for hydroxylation is 1. The average Bonchev–Trinajstić information content (AvgIpc) is 2.79. The molecule has 1 fully saturated rings. The molecule has 1 aliphatic rings. The summed E-state index contributed by atoms with van der Waals surface area (Å²) in [4.78, 5) is 4.46. The third kappa shape index (κ3) is 3.02. The molecule has 0 radical (unpaired) electrons. The number of hydrogen-bond acceptors (Lipinski definition) is 5. The van der Waals surface area contributed by atoms with Crippen LogP contribution in [0.4, 0.5) is 0 Å².